The highest BCUT2D eigenvalue weighted by Gasteiger charge is 2.55. The van der Waals surface area contributed by atoms with Crippen LogP contribution in [0.1, 0.15) is 0 Å². The van der Waals surface area contributed by atoms with E-state index in [0.29, 0.717) is 10.7 Å². The van der Waals surface area contributed by atoms with Crippen LogP contribution in [0.4, 0.5) is 15.8 Å². The monoisotopic (exact) mass is 344 g/mol. The SMILES string of the molecule is O=C1C2N=NN(c3ccc(Cl)cc3)C2C(=O)N1c1cccc(F)c1. The number of nitrogens with zero attached hydrogens (tertiary/aromatic N) is 4. The molecule has 0 bridgehead atoms. The molecule has 1 saturated heterocycles. The first-order chi connectivity index (χ1) is 11.6. The lowest BCUT2D eigenvalue weighted by atomic mass is 10.1. The van der Waals surface area contributed by atoms with Gasteiger partial charge in [0.1, 0.15) is 5.82 Å². The molecule has 1 fully saturated rings. The number of carbonyl (C=O) groups excluding carboxylic acids is 2. The van der Waals surface area contributed by atoms with Crippen molar-refractivity contribution in [1.29, 1.82) is 0 Å². The van der Waals surface area contributed by atoms with Crippen molar-refractivity contribution < 1.29 is 14.0 Å². The molecular weight excluding hydrogens is 335 g/mol. The van der Waals surface area contributed by atoms with Gasteiger partial charge in [0, 0.05) is 5.02 Å². The van der Waals surface area contributed by atoms with Crippen LogP contribution in [-0.4, -0.2) is 23.9 Å². The quantitative estimate of drug-likeness (QED) is 0.787. The summed E-state index contributed by atoms with van der Waals surface area (Å²) in [6.45, 7) is 0. The molecule has 2 aromatic carbocycles. The van der Waals surface area contributed by atoms with Crippen LogP contribution in [0.3, 0.4) is 0 Å². The topological polar surface area (TPSA) is 65.3 Å². The maximum absolute atomic E-state index is 13.4. The summed E-state index contributed by atoms with van der Waals surface area (Å²) in [4.78, 5) is 26.2. The highest BCUT2D eigenvalue weighted by Crippen LogP contribution is 2.35. The normalized spacial score (nSPS) is 22.4. The van der Waals surface area contributed by atoms with E-state index in [0.717, 1.165) is 11.0 Å². The van der Waals surface area contributed by atoms with Gasteiger partial charge in [0.15, 0.2) is 12.1 Å². The van der Waals surface area contributed by atoms with Crippen LogP contribution in [0.2, 0.25) is 5.02 Å². The highest BCUT2D eigenvalue weighted by molar-refractivity contribution is 6.30. The van der Waals surface area contributed by atoms with Crippen LogP contribution in [-0.2, 0) is 9.59 Å². The predicted octanol–water partition coefficient (Wildman–Crippen LogP) is 2.98. The summed E-state index contributed by atoms with van der Waals surface area (Å²) in [5, 5.41) is 9.79. The molecule has 2 aliphatic heterocycles. The number of imide groups is 1. The van der Waals surface area contributed by atoms with E-state index < -0.39 is 29.7 Å². The van der Waals surface area contributed by atoms with Gasteiger partial charge in [-0.25, -0.2) is 14.3 Å². The Labute approximate surface area is 141 Å². The Morgan fingerprint density at radius 3 is 2.46 bits per heavy atom. The fourth-order valence-corrected chi connectivity index (χ4v) is 2.96. The van der Waals surface area contributed by atoms with E-state index in [1.54, 1.807) is 24.3 Å². The zero-order valence-corrected chi connectivity index (χ0v) is 12.9. The lowest BCUT2D eigenvalue weighted by Gasteiger charge is -2.20. The Balaban J connectivity index is 1.70. The molecule has 0 saturated carbocycles. The van der Waals surface area contributed by atoms with E-state index in [1.165, 1.54) is 23.2 Å². The van der Waals surface area contributed by atoms with Crippen molar-refractivity contribution in [3.8, 4) is 0 Å². The molecule has 0 radical (unpaired) electrons. The first-order valence-corrected chi connectivity index (χ1v) is 7.53. The Hall–Kier alpha value is -2.80. The van der Waals surface area contributed by atoms with E-state index in [-0.39, 0.29) is 5.69 Å². The van der Waals surface area contributed by atoms with Gasteiger partial charge in [-0.3, -0.25) is 9.59 Å². The zero-order chi connectivity index (χ0) is 16.8. The summed E-state index contributed by atoms with van der Waals surface area (Å²) >= 11 is 5.86. The largest absolute Gasteiger partial charge is 0.271 e. The molecule has 0 aliphatic carbocycles. The van der Waals surface area contributed by atoms with Gasteiger partial charge in [0.2, 0.25) is 0 Å². The predicted molar refractivity (Wildman–Crippen MR) is 85.3 cm³/mol. The van der Waals surface area contributed by atoms with Crippen LogP contribution in [0.25, 0.3) is 0 Å². The number of benzene rings is 2. The third-order valence-electron chi connectivity index (χ3n) is 3.94. The van der Waals surface area contributed by atoms with Crippen LogP contribution >= 0.6 is 11.6 Å². The van der Waals surface area contributed by atoms with Crippen molar-refractivity contribution in [2.75, 3.05) is 9.91 Å². The maximum atomic E-state index is 13.4. The molecule has 8 heteroatoms. The molecule has 2 aromatic rings. The molecule has 2 atom stereocenters. The highest BCUT2D eigenvalue weighted by atomic mass is 35.5. The second kappa shape index (κ2) is 5.38. The molecule has 2 aliphatic rings. The van der Waals surface area contributed by atoms with Gasteiger partial charge in [-0.1, -0.05) is 22.9 Å². The Bertz CT molecular complexity index is 871. The molecular formula is C16H10ClFN4O2. The maximum Gasteiger partial charge on any atom is 0.263 e. The summed E-state index contributed by atoms with van der Waals surface area (Å²) in [6, 6.07) is 10.2. The molecule has 120 valence electrons. The molecule has 2 unspecified atom stereocenters. The van der Waals surface area contributed by atoms with Crippen LogP contribution in [0.15, 0.2) is 58.9 Å². The molecule has 24 heavy (non-hydrogen) atoms. The number of halogens is 2. The van der Waals surface area contributed by atoms with E-state index in [9.17, 15) is 14.0 Å². The minimum atomic E-state index is -0.934. The Kier molecular flexibility index (Phi) is 3.31. The molecule has 0 aromatic heterocycles. The smallest absolute Gasteiger partial charge is 0.263 e. The number of rotatable bonds is 2. The Morgan fingerprint density at radius 2 is 1.75 bits per heavy atom. The van der Waals surface area contributed by atoms with E-state index in [4.69, 9.17) is 11.6 Å². The van der Waals surface area contributed by atoms with Gasteiger partial charge in [0.25, 0.3) is 11.8 Å². The second-order valence-electron chi connectivity index (χ2n) is 5.41. The number of hydrogen-bond acceptors (Lipinski definition) is 5. The average molecular weight is 345 g/mol. The third kappa shape index (κ3) is 2.16. The van der Waals surface area contributed by atoms with Crippen molar-refractivity contribution in [2.24, 2.45) is 10.3 Å². The number of amides is 2. The molecule has 0 spiro atoms. The molecule has 4 rings (SSSR count). The lowest BCUT2D eigenvalue weighted by Crippen LogP contribution is -2.39. The first-order valence-electron chi connectivity index (χ1n) is 7.15. The van der Waals surface area contributed by atoms with Gasteiger partial charge >= 0.3 is 0 Å². The molecule has 2 heterocycles. The van der Waals surface area contributed by atoms with Crippen LogP contribution < -0.4 is 9.91 Å². The van der Waals surface area contributed by atoms with Crippen LogP contribution in [0.5, 0.6) is 0 Å². The second-order valence-corrected chi connectivity index (χ2v) is 5.84. The molecule has 2 amide bonds. The van der Waals surface area contributed by atoms with Crippen molar-refractivity contribution >= 4 is 34.8 Å². The lowest BCUT2D eigenvalue weighted by molar-refractivity contribution is -0.121. The van der Waals surface area contributed by atoms with Gasteiger partial charge < -0.3 is 0 Å². The minimum Gasteiger partial charge on any atom is -0.271 e. The van der Waals surface area contributed by atoms with Crippen molar-refractivity contribution in [1.82, 2.24) is 0 Å². The van der Waals surface area contributed by atoms with Gasteiger partial charge in [0.05, 0.1) is 11.4 Å². The fraction of sp³-hybridized carbons (Fsp3) is 0.125. The van der Waals surface area contributed by atoms with Gasteiger partial charge in [-0.2, -0.15) is 5.11 Å². The van der Waals surface area contributed by atoms with Crippen molar-refractivity contribution in [3.63, 3.8) is 0 Å². The van der Waals surface area contributed by atoms with E-state index in [2.05, 4.69) is 10.3 Å². The first kappa shape index (κ1) is 14.8. The summed E-state index contributed by atoms with van der Waals surface area (Å²) in [5.41, 5.74) is 0.781. The molecule has 0 N–H and O–H groups in total. The number of carbonyl (C=O) groups is 2. The summed E-state index contributed by atoms with van der Waals surface area (Å²) in [5.74, 6) is -1.53. The van der Waals surface area contributed by atoms with Crippen LogP contribution in [0, 0.1) is 5.82 Å². The zero-order valence-electron chi connectivity index (χ0n) is 12.1. The van der Waals surface area contributed by atoms with Crippen molar-refractivity contribution in [2.45, 2.75) is 12.1 Å². The number of anilines is 2. The van der Waals surface area contributed by atoms with Gasteiger partial charge in [-0.05, 0) is 42.5 Å². The fourth-order valence-electron chi connectivity index (χ4n) is 2.84. The molecule has 6 nitrogen and oxygen atoms in total. The minimum absolute atomic E-state index is 0.186. The van der Waals surface area contributed by atoms with E-state index >= 15 is 0 Å². The number of fused-ring (bicyclic) bond motifs is 1. The Morgan fingerprint density at radius 1 is 1.00 bits per heavy atom. The average Bonchev–Trinajstić information content (AvgIpc) is 3.09. The summed E-state index contributed by atoms with van der Waals surface area (Å²) < 4.78 is 13.4. The summed E-state index contributed by atoms with van der Waals surface area (Å²) in [6.07, 6.45) is 0. The van der Waals surface area contributed by atoms with Crippen molar-refractivity contribution in [3.05, 3.63) is 59.4 Å². The van der Waals surface area contributed by atoms with E-state index in [1.807, 2.05) is 0 Å². The van der Waals surface area contributed by atoms with Gasteiger partial charge in [-0.15, -0.1) is 0 Å². The number of hydrogen-bond donors (Lipinski definition) is 0. The third-order valence-corrected chi connectivity index (χ3v) is 4.19. The standard InChI is InChI=1S/C16H10ClFN4O2/c17-9-4-6-11(7-5-9)22-14-13(19-20-22)15(23)21(16(14)24)12-3-1-2-10(18)8-12/h1-8,13-14H. The summed E-state index contributed by atoms with van der Waals surface area (Å²) in [7, 11) is 0.